The third kappa shape index (κ3) is 4.16. The number of rotatable bonds is 3. The van der Waals surface area contributed by atoms with Crippen molar-refractivity contribution in [2.45, 2.75) is 16.9 Å². The molecule has 2 aromatic rings. The number of amides is 1. The smallest absolute Gasteiger partial charge is 0.328 e. The van der Waals surface area contributed by atoms with Crippen LogP contribution in [-0.4, -0.2) is 19.3 Å². The minimum absolute atomic E-state index is 0.234. The number of halogens is 3. The van der Waals surface area contributed by atoms with E-state index in [2.05, 4.69) is 10.3 Å². The maximum absolute atomic E-state index is 12.3. The highest BCUT2D eigenvalue weighted by Crippen LogP contribution is 2.36. The highest BCUT2D eigenvalue weighted by atomic mass is 35.6. The molecule has 0 saturated heterocycles. The van der Waals surface area contributed by atoms with Crippen LogP contribution in [0.3, 0.4) is 0 Å². The molecule has 0 saturated carbocycles. The monoisotopic (exact) mass is 375 g/mol. The van der Waals surface area contributed by atoms with E-state index in [0.29, 0.717) is 5.56 Å². The Balaban J connectivity index is 2.44. The first kappa shape index (κ1) is 17.6. The lowest BCUT2D eigenvalue weighted by molar-refractivity contribution is 0.0919. The van der Waals surface area contributed by atoms with E-state index in [9.17, 15) is 14.4 Å². The summed E-state index contributed by atoms with van der Waals surface area (Å²) in [5.41, 5.74) is -0.784. The number of carbonyl (C=O) groups is 1. The number of aromatic amines is 1. The van der Waals surface area contributed by atoms with Crippen LogP contribution in [0.2, 0.25) is 0 Å². The Labute approximate surface area is 146 Å². The predicted octanol–water partition coefficient (Wildman–Crippen LogP) is 2.14. The Morgan fingerprint density at radius 1 is 1.22 bits per heavy atom. The van der Waals surface area contributed by atoms with E-state index < -0.39 is 27.1 Å². The Hall–Kier alpha value is -1.76. The SMILES string of the molecule is Cc1cn([C@@H](NC(=O)c2ccccc2)C(Cl)(Cl)Cl)c(=O)[nH]c1=O. The second kappa shape index (κ2) is 6.78. The zero-order valence-electron chi connectivity index (χ0n) is 11.8. The van der Waals surface area contributed by atoms with Crippen LogP contribution in [0.5, 0.6) is 0 Å². The second-order valence-electron chi connectivity index (χ2n) is 4.76. The first-order valence-electron chi connectivity index (χ1n) is 6.45. The lowest BCUT2D eigenvalue weighted by atomic mass is 10.2. The standard InChI is InChI=1S/C14H12Cl3N3O3/c1-8-7-20(13(23)19-10(8)21)12(14(15,16)17)18-11(22)9-5-3-2-4-6-9/h2-7,12H,1H3,(H,18,22)(H,19,21,23)/t12-/m1/s1. The minimum atomic E-state index is -2.01. The van der Waals surface area contributed by atoms with Gasteiger partial charge in [-0.3, -0.25) is 19.1 Å². The van der Waals surface area contributed by atoms with Crippen LogP contribution in [0, 0.1) is 6.92 Å². The van der Waals surface area contributed by atoms with E-state index >= 15 is 0 Å². The number of carbonyl (C=O) groups excluding carboxylic acids is 1. The molecule has 1 heterocycles. The lowest BCUT2D eigenvalue weighted by Gasteiger charge is -2.27. The van der Waals surface area contributed by atoms with Crippen molar-refractivity contribution in [3.8, 4) is 0 Å². The van der Waals surface area contributed by atoms with Crippen LogP contribution in [-0.2, 0) is 0 Å². The van der Waals surface area contributed by atoms with Crippen molar-refractivity contribution >= 4 is 40.7 Å². The molecule has 1 atom stereocenters. The number of H-pyrrole nitrogens is 1. The van der Waals surface area contributed by atoms with Gasteiger partial charge in [-0.25, -0.2) is 4.79 Å². The van der Waals surface area contributed by atoms with Crippen LogP contribution in [0.4, 0.5) is 0 Å². The molecule has 122 valence electrons. The van der Waals surface area contributed by atoms with Gasteiger partial charge in [0, 0.05) is 17.3 Å². The van der Waals surface area contributed by atoms with Crippen LogP contribution < -0.4 is 16.6 Å². The summed E-state index contributed by atoms with van der Waals surface area (Å²) in [6.07, 6.45) is -0.0813. The summed E-state index contributed by atoms with van der Waals surface area (Å²) in [7, 11) is 0. The molecule has 6 nitrogen and oxygen atoms in total. The maximum atomic E-state index is 12.3. The number of aromatic nitrogens is 2. The lowest BCUT2D eigenvalue weighted by Crippen LogP contribution is -2.46. The molecule has 0 bridgehead atoms. The quantitative estimate of drug-likeness (QED) is 0.805. The topological polar surface area (TPSA) is 84.0 Å². The number of hydrogen-bond donors (Lipinski definition) is 2. The van der Waals surface area contributed by atoms with Gasteiger partial charge in [0.2, 0.25) is 3.79 Å². The molecule has 2 N–H and O–H groups in total. The fourth-order valence-electron chi connectivity index (χ4n) is 1.88. The van der Waals surface area contributed by atoms with E-state index in [0.717, 1.165) is 4.57 Å². The third-order valence-corrected chi connectivity index (χ3v) is 3.66. The average Bonchev–Trinajstić information content (AvgIpc) is 2.48. The van der Waals surface area contributed by atoms with Crippen molar-refractivity contribution in [3.05, 3.63) is 68.5 Å². The number of alkyl halides is 3. The first-order valence-corrected chi connectivity index (χ1v) is 7.58. The van der Waals surface area contributed by atoms with Crippen LogP contribution in [0.15, 0.2) is 46.1 Å². The molecule has 0 spiro atoms. The summed E-state index contributed by atoms with van der Waals surface area (Å²) < 4.78 is -1.05. The summed E-state index contributed by atoms with van der Waals surface area (Å²) in [4.78, 5) is 37.8. The van der Waals surface area contributed by atoms with Crippen molar-refractivity contribution in [1.29, 1.82) is 0 Å². The zero-order valence-corrected chi connectivity index (χ0v) is 14.1. The fraction of sp³-hybridized carbons (Fsp3) is 0.214. The van der Waals surface area contributed by atoms with Crippen molar-refractivity contribution in [1.82, 2.24) is 14.9 Å². The number of benzene rings is 1. The average molecular weight is 377 g/mol. The second-order valence-corrected chi connectivity index (χ2v) is 7.13. The van der Waals surface area contributed by atoms with E-state index in [1.54, 1.807) is 30.3 Å². The van der Waals surface area contributed by atoms with Crippen molar-refractivity contribution < 1.29 is 4.79 Å². The summed E-state index contributed by atoms with van der Waals surface area (Å²) in [5.74, 6) is -0.530. The fourth-order valence-corrected chi connectivity index (χ4v) is 2.36. The Kier molecular flexibility index (Phi) is 5.19. The molecule has 1 amide bonds. The van der Waals surface area contributed by atoms with Gasteiger partial charge < -0.3 is 5.32 Å². The molecule has 23 heavy (non-hydrogen) atoms. The van der Waals surface area contributed by atoms with E-state index in [1.807, 2.05) is 0 Å². The molecular formula is C14H12Cl3N3O3. The van der Waals surface area contributed by atoms with Gasteiger partial charge in [0.25, 0.3) is 11.5 Å². The summed E-state index contributed by atoms with van der Waals surface area (Å²) in [6, 6.07) is 8.25. The molecule has 0 aliphatic rings. The van der Waals surface area contributed by atoms with Gasteiger partial charge in [-0.15, -0.1) is 0 Å². The third-order valence-electron chi connectivity index (χ3n) is 3.04. The van der Waals surface area contributed by atoms with Gasteiger partial charge in [0.15, 0.2) is 6.17 Å². The van der Waals surface area contributed by atoms with E-state index in [4.69, 9.17) is 34.8 Å². The van der Waals surface area contributed by atoms with Crippen molar-refractivity contribution in [3.63, 3.8) is 0 Å². The molecule has 0 radical (unpaired) electrons. The largest absolute Gasteiger partial charge is 0.330 e. The number of nitrogens with one attached hydrogen (secondary N) is 2. The molecule has 1 aromatic heterocycles. The van der Waals surface area contributed by atoms with Gasteiger partial charge in [0.1, 0.15) is 0 Å². The first-order chi connectivity index (χ1) is 10.7. The number of hydrogen-bond acceptors (Lipinski definition) is 3. The molecular weight excluding hydrogens is 365 g/mol. The molecule has 9 heteroatoms. The molecule has 0 aliphatic heterocycles. The van der Waals surface area contributed by atoms with Gasteiger partial charge in [0.05, 0.1) is 0 Å². The highest BCUT2D eigenvalue weighted by Gasteiger charge is 2.36. The van der Waals surface area contributed by atoms with Crippen LogP contribution in [0.25, 0.3) is 0 Å². The normalized spacial score (nSPS) is 12.7. The number of nitrogens with zero attached hydrogens (tertiary/aromatic N) is 1. The van der Waals surface area contributed by atoms with Crippen molar-refractivity contribution in [2.24, 2.45) is 0 Å². The van der Waals surface area contributed by atoms with Crippen LogP contribution in [0.1, 0.15) is 22.1 Å². The predicted molar refractivity (Wildman–Crippen MR) is 89.3 cm³/mol. The van der Waals surface area contributed by atoms with Gasteiger partial charge in [-0.2, -0.15) is 0 Å². The molecule has 0 fully saturated rings. The summed E-state index contributed by atoms with van der Waals surface area (Å²) in [6.45, 7) is 1.49. The van der Waals surface area contributed by atoms with Crippen LogP contribution >= 0.6 is 34.8 Å². The zero-order chi connectivity index (χ0) is 17.2. The molecule has 0 unspecified atom stereocenters. The van der Waals surface area contributed by atoms with Gasteiger partial charge in [-0.1, -0.05) is 53.0 Å². The summed E-state index contributed by atoms with van der Waals surface area (Å²) >= 11 is 17.7. The Bertz CT molecular complexity index is 825. The van der Waals surface area contributed by atoms with Gasteiger partial charge in [-0.05, 0) is 19.1 Å². The molecule has 2 rings (SSSR count). The minimum Gasteiger partial charge on any atom is -0.328 e. The Morgan fingerprint density at radius 3 is 2.39 bits per heavy atom. The van der Waals surface area contributed by atoms with Crippen molar-refractivity contribution in [2.75, 3.05) is 0 Å². The Morgan fingerprint density at radius 2 is 1.83 bits per heavy atom. The van der Waals surface area contributed by atoms with E-state index in [-0.39, 0.29) is 5.56 Å². The molecule has 1 aromatic carbocycles. The highest BCUT2D eigenvalue weighted by molar-refractivity contribution is 6.67. The van der Waals surface area contributed by atoms with E-state index in [1.165, 1.54) is 13.1 Å². The number of aryl methyl sites for hydroxylation is 1. The molecule has 0 aliphatic carbocycles. The van der Waals surface area contributed by atoms with Gasteiger partial charge >= 0.3 is 5.69 Å². The maximum Gasteiger partial charge on any atom is 0.330 e. The summed E-state index contributed by atoms with van der Waals surface area (Å²) in [5, 5.41) is 2.48.